The molecule has 5 rings (SSSR count). The Kier molecular flexibility index (Phi) is 3.16. The smallest absolute Gasteiger partial charge is 0.229 e. The van der Waals surface area contributed by atoms with Crippen LogP contribution in [0.3, 0.4) is 0 Å². The zero-order chi connectivity index (χ0) is 17.7. The summed E-state index contributed by atoms with van der Waals surface area (Å²) in [5.74, 6) is 0.729. The van der Waals surface area contributed by atoms with Crippen molar-refractivity contribution in [3.8, 4) is 11.3 Å². The predicted octanol–water partition coefficient (Wildman–Crippen LogP) is 3.32. The van der Waals surface area contributed by atoms with E-state index < -0.39 is 0 Å². The summed E-state index contributed by atoms with van der Waals surface area (Å²) >= 11 is 0. The summed E-state index contributed by atoms with van der Waals surface area (Å²) in [6, 6.07) is 9.74. The standard InChI is InChI=1S/C20H17N5O/c1-13(26)14-4-5-16-18(9-14)25(12-20(16)6-7-20)19-21-10-15(11-22-19)17-3-2-8-23-24-17/h2-5,8-11H,6-7,12H2,1H3. The molecule has 0 N–H and O–H groups in total. The molecular formula is C20H17N5O. The summed E-state index contributed by atoms with van der Waals surface area (Å²) in [4.78, 5) is 23.1. The summed E-state index contributed by atoms with van der Waals surface area (Å²) in [6.45, 7) is 2.47. The number of hydrogen-bond acceptors (Lipinski definition) is 6. The zero-order valence-corrected chi connectivity index (χ0v) is 14.4. The van der Waals surface area contributed by atoms with Gasteiger partial charge in [0, 0.05) is 47.4 Å². The Morgan fingerprint density at radius 2 is 1.96 bits per heavy atom. The molecule has 0 saturated heterocycles. The molecule has 2 aromatic heterocycles. The van der Waals surface area contributed by atoms with E-state index in [1.807, 2.05) is 24.3 Å². The van der Waals surface area contributed by atoms with Crippen molar-refractivity contribution >= 4 is 17.4 Å². The monoisotopic (exact) mass is 343 g/mol. The van der Waals surface area contributed by atoms with Gasteiger partial charge in [-0.15, -0.1) is 0 Å². The van der Waals surface area contributed by atoms with E-state index in [0.29, 0.717) is 5.95 Å². The van der Waals surface area contributed by atoms with Crippen LogP contribution in [0, 0.1) is 0 Å². The van der Waals surface area contributed by atoms with Gasteiger partial charge < -0.3 is 4.90 Å². The first-order chi connectivity index (χ1) is 12.7. The van der Waals surface area contributed by atoms with Gasteiger partial charge in [0.1, 0.15) is 0 Å². The van der Waals surface area contributed by atoms with Crippen LogP contribution in [0.25, 0.3) is 11.3 Å². The average Bonchev–Trinajstić information content (AvgIpc) is 3.39. The largest absolute Gasteiger partial charge is 0.309 e. The molecule has 0 radical (unpaired) electrons. The first-order valence-corrected chi connectivity index (χ1v) is 8.69. The summed E-state index contributed by atoms with van der Waals surface area (Å²) < 4.78 is 0. The first kappa shape index (κ1) is 15.1. The van der Waals surface area contributed by atoms with Gasteiger partial charge in [0.15, 0.2) is 5.78 Å². The number of anilines is 2. The summed E-state index contributed by atoms with van der Waals surface area (Å²) in [5.41, 5.74) is 4.88. The lowest BCUT2D eigenvalue weighted by molar-refractivity contribution is 0.101. The number of ketones is 1. The van der Waals surface area contributed by atoms with Crippen LogP contribution in [0.1, 0.15) is 35.7 Å². The second kappa shape index (κ2) is 5.42. The molecule has 2 aliphatic rings. The second-order valence-electron chi connectivity index (χ2n) is 7.04. The Labute approximate surface area is 150 Å². The molecule has 6 nitrogen and oxygen atoms in total. The van der Waals surface area contributed by atoms with Crippen LogP contribution in [0.5, 0.6) is 0 Å². The Morgan fingerprint density at radius 1 is 1.15 bits per heavy atom. The van der Waals surface area contributed by atoms with Gasteiger partial charge in [-0.1, -0.05) is 12.1 Å². The molecule has 128 valence electrons. The molecule has 1 saturated carbocycles. The van der Waals surface area contributed by atoms with Crippen molar-refractivity contribution in [2.75, 3.05) is 11.4 Å². The van der Waals surface area contributed by atoms with Crippen molar-refractivity contribution in [1.29, 1.82) is 0 Å². The van der Waals surface area contributed by atoms with E-state index in [1.165, 1.54) is 18.4 Å². The molecule has 0 atom stereocenters. The van der Waals surface area contributed by atoms with Crippen molar-refractivity contribution in [3.63, 3.8) is 0 Å². The maximum Gasteiger partial charge on any atom is 0.229 e. The Bertz CT molecular complexity index is 996. The molecular weight excluding hydrogens is 326 g/mol. The fraction of sp³-hybridized carbons (Fsp3) is 0.250. The van der Waals surface area contributed by atoms with Crippen LogP contribution >= 0.6 is 0 Å². The number of aromatic nitrogens is 4. The summed E-state index contributed by atoms with van der Waals surface area (Å²) in [7, 11) is 0. The van der Waals surface area contributed by atoms with Crippen LogP contribution in [-0.4, -0.2) is 32.5 Å². The topological polar surface area (TPSA) is 71.9 Å². The normalized spacial score (nSPS) is 16.6. The van der Waals surface area contributed by atoms with Gasteiger partial charge in [-0.3, -0.25) is 4.79 Å². The van der Waals surface area contributed by atoms with Crippen molar-refractivity contribution in [3.05, 3.63) is 60.0 Å². The maximum atomic E-state index is 11.8. The average molecular weight is 343 g/mol. The van der Waals surface area contributed by atoms with Crippen LogP contribution < -0.4 is 4.90 Å². The van der Waals surface area contributed by atoms with E-state index in [-0.39, 0.29) is 11.2 Å². The number of rotatable bonds is 3. The number of hydrogen-bond donors (Lipinski definition) is 0. The molecule has 26 heavy (non-hydrogen) atoms. The lowest BCUT2D eigenvalue weighted by Crippen LogP contribution is -2.21. The van der Waals surface area contributed by atoms with E-state index in [2.05, 4.69) is 31.1 Å². The van der Waals surface area contributed by atoms with Gasteiger partial charge in [0.05, 0.1) is 5.69 Å². The van der Waals surface area contributed by atoms with Crippen LogP contribution in [0.4, 0.5) is 11.6 Å². The van der Waals surface area contributed by atoms with E-state index in [4.69, 9.17) is 0 Å². The molecule has 1 aromatic carbocycles. The Balaban J connectivity index is 1.54. The third-order valence-electron chi connectivity index (χ3n) is 5.33. The highest BCUT2D eigenvalue weighted by Gasteiger charge is 2.52. The molecule has 0 bridgehead atoms. The number of carbonyl (C=O) groups excluding carboxylic acids is 1. The highest BCUT2D eigenvalue weighted by molar-refractivity contribution is 5.96. The molecule has 3 aromatic rings. The minimum absolute atomic E-state index is 0.0726. The van der Waals surface area contributed by atoms with Gasteiger partial charge in [-0.05, 0) is 43.5 Å². The first-order valence-electron chi connectivity index (χ1n) is 8.69. The quantitative estimate of drug-likeness (QED) is 0.679. The van der Waals surface area contributed by atoms with E-state index >= 15 is 0 Å². The predicted molar refractivity (Wildman–Crippen MR) is 97.4 cm³/mol. The van der Waals surface area contributed by atoms with Crippen molar-refractivity contribution in [1.82, 2.24) is 20.2 Å². The van der Waals surface area contributed by atoms with Crippen molar-refractivity contribution < 1.29 is 4.79 Å². The third kappa shape index (κ3) is 2.29. The molecule has 1 fully saturated rings. The number of Topliss-reactive ketones (excluding diaryl/α,β-unsaturated/α-hetero) is 1. The van der Waals surface area contributed by atoms with Crippen molar-refractivity contribution in [2.45, 2.75) is 25.2 Å². The fourth-order valence-corrected chi connectivity index (χ4v) is 3.70. The molecule has 1 spiro atoms. The SMILES string of the molecule is CC(=O)c1ccc2c(c1)N(c1ncc(-c3cccnn3)cn1)CC21CC1. The van der Waals surface area contributed by atoms with E-state index in [1.54, 1.807) is 25.5 Å². The lowest BCUT2D eigenvalue weighted by atomic mass is 9.97. The second-order valence-corrected chi connectivity index (χ2v) is 7.04. The van der Waals surface area contributed by atoms with Gasteiger partial charge in [0.25, 0.3) is 0 Å². The molecule has 1 aliphatic carbocycles. The van der Waals surface area contributed by atoms with E-state index in [0.717, 1.165) is 29.1 Å². The summed E-state index contributed by atoms with van der Waals surface area (Å²) in [5, 5.41) is 7.99. The van der Waals surface area contributed by atoms with Crippen LogP contribution in [0.2, 0.25) is 0 Å². The minimum atomic E-state index is 0.0726. The van der Waals surface area contributed by atoms with E-state index in [9.17, 15) is 4.79 Å². The highest BCUT2D eigenvalue weighted by Crippen LogP contribution is 2.57. The highest BCUT2D eigenvalue weighted by atomic mass is 16.1. The third-order valence-corrected chi connectivity index (χ3v) is 5.33. The molecule has 0 unspecified atom stereocenters. The van der Waals surface area contributed by atoms with Gasteiger partial charge in [-0.2, -0.15) is 10.2 Å². The number of carbonyl (C=O) groups is 1. The Morgan fingerprint density at radius 3 is 2.62 bits per heavy atom. The molecule has 0 amide bonds. The Hall–Kier alpha value is -3.15. The molecule has 6 heteroatoms. The number of nitrogens with zero attached hydrogens (tertiary/aromatic N) is 5. The molecule has 3 heterocycles. The van der Waals surface area contributed by atoms with Gasteiger partial charge in [0.2, 0.25) is 5.95 Å². The summed E-state index contributed by atoms with van der Waals surface area (Å²) in [6.07, 6.45) is 7.54. The number of benzene rings is 1. The number of fused-ring (bicyclic) bond motifs is 2. The fourth-order valence-electron chi connectivity index (χ4n) is 3.70. The lowest BCUT2D eigenvalue weighted by Gasteiger charge is -2.18. The minimum Gasteiger partial charge on any atom is -0.309 e. The zero-order valence-electron chi connectivity index (χ0n) is 14.4. The molecule has 1 aliphatic heterocycles. The van der Waals surface area contributed by atoms with Gasteiger partial charge in [-0.25, -0.2) is 9.97 Å². The van der Waals surface area contributed by atoms with Crippen LogP contribution in [-0.2, 0) is 5.41 Å². The van der Waals surface area contributed by atoms with Crippen LogP contribution in [0.15, 0.2) is 48.9 Å². The van der Waals surface area contributed by atoms with Crippen molar-refractivity contribution in [2.24, 2.45) is 0 Å². The van der Waals surface area contributed by atoms with Gasteiger partial charge >= 0.3 is 0 Å². The maximum absolute atomic E-state index is 11.8.